The van der Waals surface area contributed by atoms with Crippen molar-refractivity contribution in [2.24, 2.45) is 0 Å². The van der Waals surface area contributed by atoms with Crippen molar-refractivity contribution < 1.29 is 13.5 Å². The molecule has 0 bridgehead atoms. The lowest BCUT2D eigenvalue weighted by Crippen LogP contribution is -2.41. The van der Waals surface area contributed by atoms with Gasteiger partial charge in [0, 0.05) is 12.6 Å². The molecule has 1 aromatic heterocycles. The maximum atomic E-state index is 11.4. The number of rotatable bonds is 6. The van der Waals surface area contributed by atoms with Crippen LogP contribution in [-0.4, -0.2) is 26.1 Å². The molecule has 1 unspecified atom stereocenters. The average molecular weight is 264 g/mol. The van der Waals surface area contributed by atoms with Gasteiger partial charge in [-0.1, -0.05) is 0 Å². The van der Waals surface area contributed by atoms with E-state index in [-0.39, 0.29) is 12.6 Å². The Balaban J connectivity index is 2.46. The number of thiophene rings is 1. The molecule has 1 rings (SSSR count). The predicted octanol–water partition coefficient (Wildman–Crippen LogP) is 0.614. The molecule has 1 atom stereocenters. The normalized spacial score (nSPS) is 14.2. The standard InChI is InChI=1S/C9H16N2O3S2/c1-7(2)11-16(13,14)10-5-9(12)8-3-4-15-6-8/h3-4,6-7,9-12H,5H2,1-2H3. The second-order valence-corrected chi connectivity index (χ2v) is 6.01. The van der Waals surface area contributed by atoms with E-state index >= 15 is 0 Å². The van der Waals surface area contributed by atoms with E-state index in [4.69, 9.17) is 0 Å². The summed E-state index contributed by atoms with van der Waals surface area (Å²) in [5.41, 5.74) is 0.720. The summed E-state index contributed by atoms with van der Waals surface area (Å²) in [5.74, 6) is 0. The Labute approximate surface area is 99.7 Å². The molecule has 0 fully saturated rings. The highest BCUT2D eigenvalue weighted by Crippen LogP contribution is 2.15. The fourth-order valence-corrected chi connectivity index (χ4v) is 2.91. The van der Waals surface area contributed by atoms with Gasteiger partial charge in [0.25, 0.3) is 10.2 Å². The Morgan fingerprint density at radius 1 is 1.50 bits per heavy atom. The molecule has 0 aromatic carbocycles. The number of hydrogen-bond acceptors (Lipinski definition) is 4. The van der Waals surface area contributed by atoms with E-state index in [1.54, 1.807) is 25.3 Å². The van der Waals surface area contributed by atoms with Crippen LogP contribution in [0.4, 0.5) is 0 Å². The van der Waals surface area contributed by atoms with Crippen molar-refractivity contribution in [3.63, 3.8) is 0 Å². The lowest BCUT2D eigenvalue weighted by Gasteiger charge is -2.13. The van der Waals surface area contributed by atoms with Gasteiger partial charge >= 0.3 is 0 Å². The molecule has 92 valence electrons. The van der Waals surface area contributed by atoms with Crippen LogP contribution in [0, 0.1) is 0 Å². The SMILES string of the molecule is CC(C)NS(=O)(=O)NCC(O)c1ccsc1. The minimum Gasteiger partial charge on any atom is -0.387 e. The number of aliphatic hydroxyl groups is 1. The molecule has 3 N–H and O–H groups in total. The second kappa shape index (κ2) is 5.74. The summed E-state index contributed by atoms with van der Waals surface area (Å²) in [4.78, 5) is 0. The van der Waals surface area contributed by atoms with Gasteiger partial charge in [-0.05, 0) is 36.2 Å². The van der Waals surface area contributed by atoms with Crippen molar-refractivity contribution in [2.45, 2.75) is 26.0 Å². The van der Waals surface area contributed by atoms with Gasteiger partial charge in [0.05, 0.1) is 6.10 Å². The molecule has 0 aliphatic carbocycles. The van der Waals surface area contributed by atoms with Gasteiger partial charge in [-0.25, -0.2) is 0 Å². The molecule has 0 radical (unpaired) electrons. The van der Waals surface area contributed by atoms with Gasteiger partial charge in [-0.15, -0.1) is 0 Å². The van der Waals surface area contributed by atoms with Crippen LogP contribution < -0.4 is 9.44 Å². The van der Waals surface area contributed by atoms with Crippen LogP contribution in [0.3, 0.4) is 0 Å². The Kier molecular flexibility index (Phi) is 4.88. The van der Waals surface area contributed by atoms with Crippen LogP contribution in [-0.2, 0) is 10.2 Å². The Morgan fingerprint density at radius 3 is 2.69 bits per heavy atom. The zero-order valence-electron chi connectivity index (χ0n) is 9.17. The molecule has 0 spiro atoms. The molecule has 16 heavy (non-hydrogen) atoms. The lowest BCUT2D eigenvalue weighted by molar-refractivity contribution is 0.182. The lowest BCUT2D eigenvalue weighted by atomic mass is 10.2. The van der Waals surface area contributed by atoms with E-state index in [0.29, 0.717) is 0 Å². The van der Waals surface area contributed by atoms with E-state index < -0.39 is 16.3 Å². The predicted molar refractivity (Wildman–Crippen MR) is 64.5 cm³/mol. The maximum Gasteiger partial charge on any atom is 0.277 e. The highest BCUT2D eigenvalue weighted by atomic mass is 32.2. The average Bonchev–Trinajstić information content (AvgIpc) is 2.64. The summed E-state index contributed by atoms with van der Waals surface area (Å²) in [5, 5.41) is 13.3. The minimum atomic E-state index is -3.52. The maximum absolute atomic E-state index is 11.4. The van der Waals surface area contributed by atoms with Crippen molar-refractivity contribution in [1.29, 1.82) is 0 Å². The topological polar surface area (TPSA) is 78.4 Å². The van der Waals surface area contributed by atoms with Gasteiger partial charge in [-0.3, -0.25) is 0 Å². The Morgan fingerprint density at radius 2 is 2.19 bits per heavy atom. The first-order valence-electron chi connectivity index (χ1n) is 4.88. The molecule has 1 aromatic rings. The van der Waals surface area contributed by atoms with Gasteiger partial charge in [-0.2, -0.15) is 29.2 Å². The van der Waals surface area contributed by atoms with Gasteiger partial charge in [0.2, 0.25) is 0 Å². The van der Waals surface area contributed by atoms with Crippen molar-refractivity contribution in [2.75, 3.05) is 6.54 Å². The number of nitrogens with one attached hydrogen (secondary N) is 2. The molecule has 0 amide bonds. The fraction of sp³-hybridized carbons (Fsp3) is 0.556. The quantitative estimate of drug-likeness (QED) is 0.704. The van der Waals surface area contributed by atoms with Crippen molar-refractivity contribution in [3.8, 4) is 0 Å². The Bertz CT molecular complexity index is 400. The number of hydrogen-bond donors (Lipinski definition) is 3. The Hall–Kier alpha value is -0.470. The van der Waals surface area contributed by atoms with E-state index in [0.717, 1.165) is 5.56 Å². The third kappa shape index (κ3) is 4.58. The highest BCUT2D eigenvalue weighted by molar-refractivity contribution is 7.87. The molecule has 0 saturated carbocycles. The van der Waals surface area contributed by atoms with Gasteiger partial charge in [0.15, 0.2) is 0 Å². The molecule has 0 aliphatic heterocycles. The largest absolute Gasteiger partial charge is 0.387 e. The van der Waals surface area contributed by atoms with Crippen molar-refractivity contribution in [1.82, 2.24) is 9.44 Å². The summed E-state index contributed by atoms with van der Waals surface area (Å²) in [6.07, 6.45) is -0.810. The fourth-order valence-electron chi connectivity index (χ4n) is 1.12. The van der Waals surface area contributed by atoms with E-state index in [1.807, 2.05) is 5.38 Å². The van der Waals surface area contributed by atoms with Crippen LogP contribution >= 0.6 is 11.3 Å². The molecule has 0 saturated heterocycles. The molecule has 0 aliphatic rings. The zero-order chi connectivity index (χ0) is 12.2. The summed E-state index contributed by atoms with van der Waals surface area (Å²) < 4.78 is 27.4. The van der Waals surface area contributed by atoms with Crippen LogP contribution in [0.5, 0.6) is 0 Å². The molecule has 7 heteroatoms. The van der Waals surface area contributed by atoms with Gasteiger partial charge in [0.1, 0.15) is 0 Å². The second-order valence-electron chi connectivity index (χ2n) is 3.70. The van der Waals surface area contributed by atoms with Crippen molar-refractivity contribution in [3.05, 3.63) is 22.4 Å². The minimum absolute atomic E-state index is 0.0290. The van der Waals surface area contributed by atoms with Crippen LogP contribution in [0.15, 0.2) is 16.8 Å². The first kappa shape index (κ1) is 13.6. The molecule has 1 heterocycles. The smallest absolute Gasteiger partial charge is 0.277 e. The third-order valence-electron chi connectivity index (χ3n) is 1.79. The van der Waals surface area contributed by atoms with Crippen molar-refractivity contribution >= 4 is 21.5 Å². The highest BCUT2D eigenvalue weighted by Gasteiger charge is 2.14. The van der Waals surface area contributed by atoms with Gasteiger partial charge < -0.3 is 5.11 Å². The third-order valence-corrected chi connectivity index (χ3v) is 3.82. The van der Waals surface area contributed by atoms with Crippen LogP contribution in [0.2, 0.25) is 0 Å². The summed E-state index contributed by atoms with van der Waals surface area (Å²) in [6, 6.07) is 1.59. The zero-order valence-corrected chi connectivity index (χ0v) is 10.8. The molecular formula is C9H16N2O3S2. The van der Waals surface area contributed by atoms with E-state index in [2.05, 4.69) is 9.44 Å². The summed E-state index contributed by atoms with van der Waals surface area (Å²) in [7, 11) is -3.52. The summed E-state index contributed by atoms with van der Waals surface area (Å²) >= 11 is 1.46. The first-order valence-corrected chi connectivity index (χ1v) is 7.30. The van der Waals surface area contributed by atoms with Crippen LogP contribution in [0.1, 0.15) is 25.5 Å². The first-order chi connectivity index (χ1) is 7.41. The van der Waals surface area contributed by atoms with Crippen LogP contribution in [0.25, 0.3) is 0 Å². The molecule has 5 nitrogen and oxygen atoms in total. The molecular weight excluding hydrogens is 248 g/mol. The monoisotopic (exact) mass is 264 g/mol. The van der Waals surface area contributed by atoms with E-state index in [9.17, 15) is 13.5 Å². The summed E-state index contributed by atoms with van der Waals surface area (Å²) in [6.45, 7) is 3.43. The van der Waals surface area contributed by atoms with E-state index in [1.165, 1.54) is 11.3 Å². The number of aliphatic hydroxyl groups excluding tert-OH is 1.